The lowest BCUT2D eigenvalue weighted by Gasteiger charge is -2.06. The van der Waals surface area contributed by atoms with Gasteiger partial charge in [0.25, 0.3) is 5.56 Å². The lowest BCUT2D eigenvalue weighted by atomic mass is 10.5. The molecular weight excluding hydrogens is 238 g/mol. The second kappa shape index (κ2) is 4.67. The summed E-state index contributed by atoms with van der Waals surface area (Å²) in [7, 11) is 0. The van der Waals surface area contributed by atoms with Crippen LogP contribution in [-0.4, -0.2) is 14.1 Å². The smallest absolute Gasteiger partial charge is 0.301 e. The predicted molar refractivity (Wildman–Crippen MR) is 66.6 cm³/mol. The van der Waals surface area contributed by atoms with Crippen LogP contribution in [0, 0.1) is 6.92 Å². The Morgan fingerprint density at radius 2 is 2.18 bits per heavy atom. The molecule has 0 amide bonds. The van der Waals surface area contributed by atoms with Gasteiger partial charge in [0.1, 0.15) is 5.01 Å². The Morgan fingerprint density at radius 3 is 2.76 bits per heavy atom. The van der Waals surface area contributed by atoms with Crippen LogP contribution in [-0.2, 0) is 13.1 Å². The Hall–Kier alpha value is -1.69. The maximum absolute atomic E-state index is 11.9. The second-order valence-electron chi connectivity index (χ2n) is 3.69. The van der Waals surface area contributed by atoms with Crippen molar-refractivity contribution < 1.29 is 0 Å². The van der Waals surface area contributed by atoms with Gasteiger partial charge in [0.05, 0.1) is 6.54 Å². The van der Waals surface area contributed by atoms with Crippen molar-refractivity contribution in [1.29, 1.82) is 0 Å². The van der Waals surface area contributed by atoms with Crippen LogP contribution in [0.15, 0.2) is 27.2 Å². The number of thiazole rings is 1. The van der Waals surface area contributed by atoms with Gasteiger partial charge < -0.3 is 4.57 Å². The van der Waals surface area contributed by atoms with Gasteiger partial charge in [0.2, 0.25) is 0 Å². The highest BCUT2D eigenvalue weighted by atomic mass is 32.1. The molecular formula is C11H13N3O2S. The molecule has 0 unspecified atom stereocenters. The van der Waals surface area contributed by atoms with Gasteiger partial charge in [-0.2, -0.15) is 0 Å². The highest BCUT2D eigenvalue weighted by Gasteiger charge is 2.07. The van der Waals surface area contributed by atoms with Gasteiger partial charge in [0, 0.05) is 29.9 Å². The molecule has 0 aliphatic rings. The van der Waals surface area contributed by atoms with Crippen molar-refractivity contribution >= 4 is 11.3 Å². The minimum Gasteiger partial charge on any atom is -0.301 e. The van der Waals surface area contributed by atoms with Crippen molar-refractivity contribution in [3.8, 4) is 0 Å². The van der Waals surface area contributed by atoms with E-state index in [1.165, 1.54) is 32.7 Å². The lowest BCUT2D eigenvalue weighted by Crippen LogP contribution is -2.38. The average Bonchev–Trinajstić information content (AvgIpc) is 2.70. The van der Waals surface area contributed by atoms with Crippen molar-refractivity contribution in [2.45, 2.75) is 26.9 Å². The lowest BCUT2D eigenvalue weighted by molar-refractivity contribution is 0.598. The maximum Gasteiger partial charge on any atom is 0.331 e. The van der Waals surface area contributed by atoms with E-state index in [1.807, 2.05) is 19.2 Å². The molecule has 2 heterocycles. The van der Waals surface area contributed by atoms with Crippen molar-refractivity contribution in [3.05, 3.63) is 49.2 Å². The average molecular weight is 251 g/mol. The van der Waals surface area contributed by atoms with Crippen LogP contribution in [0.25, 0.3) is 0 Å². The van der Waals surface area contributed by atoms with Crippen LogP contribution in [0.1, 0.15) is 17.6 Å². The van der Waals surface area contributed by atoms with E-state index in [1.54, 1.807) is 0 Å². The SMILES string of the molecule is CCn1ccc(=O)n(Cc2nc(C)cs2)c1=O. The highest BCUT2D eigenvalue weighted by molar-refractivity contribution is 7.09. The molecule has 0 bridgehead atoms. The molecule has 0 atom stereocenters. The molecule has 0 aliphatic heterocycles. The summed E-state index contributed by atoms with van der Waals surface area (Å²) < 4.78 is 2.71. The predicted octanol–water partition coefficient (Wildman–Crippen LogP) is 0.843. The molecule has 0 saturated carbocycles. The molecule has 90 valence electrons. The van der Waals surface area contributed by atoms with E-state index >= 15 is 0 Å². The fraction of sp³-hybridized carbons (Fsp3) is 0.364. The first-order valence-electron chi connectivity index (χ1n) is 5.33. The zero-order valence-corrected chi connectivity index (χ0v) is 10.5. The van der Waals surface area contributed by atoms with Crippen LogP contribution in [0.5, 0.6) is 0 Å². The van der Waals surface area contributed by atoms with Gasteiger partial charge in [-0.1, -0.05) is 0 Å². The van der Waals surface area contributed by atoms with E-state index in [4.69, 9.17) is 0 Å². The van der Waals surface area contributed by atoms with Gasteiger partial charge in [-0.05, 0) is 13.8 Å². The highest BCUT2D eigenvalue weighted by Crippen LogP contribution is 2.08. The quantitative estimate of drug-likeness (QED) is 0.812. The number of aryl methyl sites for hydroxylation is 2. The monoisotopic (exact) mass is 251 g/mol. The normalized spacial score (nSPS) is 10.7. The molecule has 5 nitrogen and oxygen atoms in total. The fourth-order valence-corrected chi connectivity index (χ4v) is 2.31. The molecule has 2 rings (SSSR count). The van der Waals surface area contributed by atoms with E-state index in [9.17, 15) is 9.59 Å². The first-order valence-corrected chi connectivity index (χ1v) is 6.21. The minimum atomic E-state index is -0.285. The molecule has 0 fully saturated rings. The molecule has 0 aromatic carbocycles. The van der Waals surface area contributed by atoms with Crippen molar-refractivity contribution in [2.24, 2.45) is 0 Å². The Morgan fingerprint density at radius 1 is 1.41 bits per heavy atom. The van der Waals surface area contributed by atoms with Gasteiger partial charge in [-0.25, -0.2) is 9.78 Å². The third-order valence-corrected chi connectivity index (χ3v) is 3.39. The van der Waals surface area contributed by atoms with E-state index in [0.717, 1.165) is 10.7 Å². The Kier molecular flexibility index (Phi) is 3.23. The largest absolute Gasteiger partial charge is 0.331 e. The topological polar surface area (TPSA) is 56.9 Å². The molecule has 0 N–H and O–H groups in total. The molecule has 0 saturated heterocycles. The zero-order valence-electron chi connectivity index (χ0n) is 9.71. The molecule has 6 heteroatoms. The van der Waals surface area contributed by atoms with Crippen LogP contribution >= 0.6 is 11.3 Å². The summed E-state index contributed by atoms with van der Waals surface area (Å²) in [6.45, 7) is 4.55. The van der Waals surface area contributed by atoms with E-state index in [-0.39, 0.29) is 17.8 Å². The minimum absolute atomic E-state index is 0.247. The molecule has 2 aromatic rings. The van der Waals surface area contributed by atoms with Crippen molar-refractivity contribution in [2.75, 3.05) is 0 Å². The molecule has 17 heavy (non-hydrogen) atoms. The van der Waals surface area contributed by atoms with Crippen molar-refractivity contribution in [1.82, 2.24) is 14.1 Å². The standard InChI is InChI=1S/C11H13N3O2S/c1-3-13-5-4-10(15)14(11(13)16)6-9-12-8(2)7-17-9/h4-5,7H,3,6H2,1-2H3. The summed E-state index contributed by atoms with van der Waals surface area (Å²) in [6, 6.07) is 1.41. The third-order valence-electron chi connectivity index (χ3n) is 2.44. The van der Waals surface area contributed by atoms with Crippen LogP contribution in [0.2, 0.25) is 0 Å². The summed E-state index contributed by atoms with van der Waals surface area (Å²) in [5.74, 6) is 0. The van der Waals surface area contributed by atoms with Gasteiger partial charge in [-0.15, -0.1) is 11.3 Å². The van der Waals surface area contributed by atoms with Gasteiger partial charge >= 0.3 is 5.69 Å². The summed E-state index contributed by atoms with van der Waals surface area (Å²) in [4.78, 5) is 27.8. The van der Waals surface area contributed by atoms with E-state index in [2.05, 4.69) is 4.98 Å². The van der Waals surface area contributed by atoms with Gasteiger partial charge in [-0.3, -0.25) is 9.36 Å². The van der Waals surface area contributed by atoms with Crippen LogP contribution in [0.3, 0.4) is 0 Å². The first-order chi connectivity index (χ1) is 8.11. The Bertz CT molecular complexity index is 639. The summed E-state index contributed by atoms with van der Waals surface area (Å²) >= 11 is 1.46. The Labute approximate surface area is 102 Å². The van der Waals surface area contributed by atoms with Gasteiger partial charge in [0.15, 0.2) is 0 Å². The summed E-state index contributed by atoms with van der Waals surface area (Å²) in [6.07, 6.45) is 1.52. The third kappa shape index (κ3) is 2.36. The second-order valence-corrected chi connectivity index (χ2v) is 4.63. The molecule has 0 radical (unpaired) electrons. The molecule has 0 aliphatic carbocycles. The number of nitrogens with zero attached hydrogens (tertiary/aromatic N) is 3. The number of rotatable bonds is 3. The van der Waals surface area contributed by atoms with E-state index < -0.39 is 0 Å². The summed E-state index contributed by atoms with van der Waals surface area (Å²) in [5.41, 5.74) is 0.338. The molecule has 2 aromatic heterocycles. The zero-order chi connectivity index (χ0) is 12.4. The van der Waals surface area contributed by atoms with Crippen molar-refractivity contribution in [3.63, 3.8) is 0 Å². The van der Waals surface area contributed by atoms with E-state index in [0.29, 0.717) is 6.54 Å². The summed E-state index contributed by atoms with van der Waals surface area (Å²) in [5, 5.41) is 2.68. The maximum atomic E-state index is 11.9. The fourth-order valence-electron chi connectivity index (χ4n) is 1.55. The number of aromatic nitrogens is 3. The number of hydrogen-bond donors (Lipinski definition) is 0. The number of hydrogen-bond acceptors (Lipinski definition) is 4. The molecule has 0 spiro atoms. The van der Waals surface area contributed by atoms with Crippen LogP contribution in [0.4, 0.5) is 0 Å². The van der Waals surface area contributed by atoms with Crippen LogP contribution < -0.4 is 11.2 Å². The first kappa shape index (κ1) is 11.8. The Balaban J connectivity index is 2.45.